The van der Waals surface area contributed by atoms with Crippen molar-refractivity contribution < 1.29 is 4.79 Å². The van der Waals surface area contributed by atoms with E-state index >= 15 is 0 Å². The highest BCUT2D eigenvalue weighted by molar-refractivity contribution is 5.85. The molecule has 0 bridgehead atoms. The van der Waals surface area contributed by atoms with E-state index in [1.54, 1.807) is 0 Å². The minimum absolute atomic E-state index is 0. The Morgan fingerprint density at radius 1 is 1.42 bits per heavy atom. The quantitative estimate of drug-likeness (QED) is 0.834. The first-order chi connectivity index (χ1) is 12.1. The topological polar surface area (TPSA) is 76.2 Å². The first kappa shape index (κ1) is 19.6. The van der Waals surface area contributed by atoms with E-state index in [-0.39, 0.29) is 24.4 Å². The molecule has 4 rings (SSSR count). The van der Waals surface area contributed by atoms with Crippen molar-refractivity contribution in [2.45, 2.75) is 63.6 Å². The molecule has 1 aromatic heterocycles. The largest absolute Gasteiger partial charge is 0.337 e. The van der Waals surface area contributed by atoms with Crippen LogP contribution in [0.3, 0.4) is 0 Å². The maximum Gasteiger partial charge on any atom is 0.226 e. The van der Waals surface area contributed by atoms with E-state index in [1.807, 2.05) is 24.0 Å². The van der Waals surface area contributed by atoms with Gasteiger partial charge in [0.05, 0.1) is 6.54 Å². The number of hydrogen-bond donors (Lipinski definition) is 2. The Labute approximate surface area is 162 Å². The summed E-state index contributed by atoms with van der Waals surface area (Å²) in [4.78, 5) is 20.0. The molecule has 1 amide bonds. The number of amides is 1. The molecule has 6 nitrogen and oxygen atoms in total. The van der Waals surface area contributed by atoms with Crippen molar-refractivity contribution in [3.05, 3.63) is 18.2 Å². The molecule has 1 spiro atoms. The average Bonchev–Trinajstić information content (AvgIpc) is 3.13. The predicted molar refractivity (Wildman–Crippen MR) is 104 cm³/mol. The van der Waals surface area contributed by atoms with Gasteiger partial charge in [0, 0.05) is 37.4 Å². The molecule has 3 aliphatic rings. The van der Waals surface area contributed by atoms with Crippen LogP contribution in [0, 0.1) is 11.3 Å². The highest BCUT2D eigenvalue weighted by Crippen LogP contribution is 2.56. The van der Waals surface area contributed by atoms with Gasteiger partial charge in [-0.25, -0.2) is 4.98 Å². The Balaban J connectivity index is 0.00000196. The van der Waals surface area contributed by atoms with E-state index in [1.165, 1.54) is 12.8 Å². The number of aryl methyl sites for hydroxylation is 1. The number of nitrogens with two attached hydrogens (primary N) is 1. The van der Waals surface area contributed by atoms with E-state index < -0.39 is 0 Å². The van der Waals surface area contributed by atoms with Crippen LogP contribution >= 0.6 is 12.4 Å². The lowest BCUT2D eigenvalue weighted by atomic mass is 9.85. The van der Waals surface area contributed by atoms with Crippen molar-refractivity contribution in [3.63, 3.8) is 0 Å². The lowest BCUT2D eigenvalue weighted by Gasteiger charge is -2.34. The van der Waals surface area contributed by atoms with Crippen LogP contribution in [0.2, 0.25) is 0 Å². The van der Waals surface area contributed by atoms with Crippen LogP contribution in [0.4, 0.5) is 0 Å². The lowest BCUT2D eigenvalue weighted by molar-refractivity contribution is -0.139. The van der Waals surface area contributed by atoms with Gasteiger partial charge in [-0.15, -0.1) is 12.4 Å². The highest BCUT2D eigenvalue weighted by atomic mass is 35.5. The van der Waals surface area contributed by atoms with E-state index in [4.69, 9.17) is 5.73 Å². The van der Waals surface area contributed by atoms with E-state index in [0.717, 1.165) is 51.0 Å². The Bertz CT molecular complexity index is 627. The van der Waals surface area contributed by atoms with Crippen molar-refractivity contribution in [3.8, 4) is 0 Å². The van der Waals surface area contributed by atoms with Crippen molar-refractivity contribution in [2.75, 3.05) is 13.1 Å². The maximum atomic E-state index is 13.4. The SMILES string of the molecule is Cl.Cn1ccnc1CN(C(=O)C1CCCC(N)C1)C1CC12CCNCC2. The molecule has 146 valence electrons. The number of halogens is 1. The van der Waals surface area contributed by atoms with Gasteiger partial charge in [-0.2, -0.15) is 0 Å². The average molecular weight is 382 g/mol. The van der Waals surface area contributed by atoms with Gasteiger partial charge >= 0.3 is 0 Å². The molecule has 3 N–H and O–H groups in total. The van der Waals surface area contributed by atoms with Crippen molar-refractivity contribution in [1.29, 1.82) is 0 Å². The van der Waals surface area contributed by atoms with Gasteiger partial charge in [-0.3, -0.25) is 4.79 Å². The van der Waals surface area contributed by atoms with Crippen LogP contribution in [0.5, 0.6) is 0 Å². The van der Waals surface area contributed by atoms with Crippen LogP contribution in [-0.2, 0) is 18.4 Å². The number of rotatable bonds is 4. The number of piperidine rings is 1. The second-order valence-electron chi connectivity index (χ2n) is 8.38. The summed E-state index contributed by atoms with van der Waals surface area (Å²) in [6.45, 7) is 2.79. The van der Waals surface area contributed by atoms with Gasteiger partial charge in [-0.1, -0.05) is 6.42 Å². The molecule has 7 heteroatoms. The van der Waals surface area contributed by atoms with E-state index in [0.29, 0.717) is 23.9 Å². The van der Waals surface area contributed by atoms with Crippen molar-refractivity contribution in [2.24, 2.45) is 24.1 Å². The monoisotopic (exact) mass is 381 g/mol. The molecule has 1 aromatic rings. The molecule has 1 saturated heterocycles. The number of carbonyl (C=O) groups is 1. The van der Waals surface area contributed by atoms with Crippen LogP contribution in [0.1, 0.15) is 50.8 Å². The standard InChI is InChI=1S/C19H31N5O.ClH/c1-23-10-9-22-17(23)13-24(16-12-19(16)5-7-21-8-6-19)18(25)14-3-2-4-15(20)11-14;/h9-10,14-16,21H,2-8,11-13,20H2,1H3;1H. The maximum absolute atomic E-state index is 13.4. The van der Waals surface area contributed by atoms with Gasteiger partial charge in [0.25, 0.3) is 0 Å². The molecule has 3 fully saturated rings. The van der Waals surface area contributed by atoms with Crippen LogP contribution in [-0.4, -0.2) is 45.5 Å². The third kappa shape index (κ3) is 3.78. The zero-order valence-electron chi connectivity index (χ0n) is 15.7. The zero-order chi connectivity index (χ0) is 17.4. The summed E-state index contributed by atoms with van der Waals surface area (Å²) in [7, 11) is 2.01. The van der Waals surface area contributed by atoms with Gasteiger partial charge in [0.15, 0.2) is 0 Å². The number of aromatic nitrogens is 2. The zero-order valence-corrected chi connectivity index (χ0v) is 16.5. The number of nitrogens with one attached hydrogen (secondary N) is 1. The molecule has 3 atom stereocenters. The summed E-state index contributed by atoms with van der Waals surface area (Å²) < 4.78 is 2.03. The molecule has 1 aliphatic heterocycles. The number of imidazole rings is 1. The number of nitrogens with zero attached hydrogens (tertiary/aromatic N) is 3. The Kier molecular flexibility index (Phi) is 5.94. The van der Waals surface area contributed by atoms with Crippen LogP contribution < -0.4 is 11.1 Å². The van der Waals surface area contributed by atoms with Gasteiger partial charge in [0.1, 0.15) is 5.82 Å². The molecule has 0 radical (unpaired) electrons. The van der Waals surface area contributed by atoms with Crippen LogP contribution in [0.15, 0.2) is 12.4 Å². The minimum Gasteiger partial charge on any atom is -0.337 e. The Hall–Kier alpha value is -1.11. The number of carbonyl (C=O) groups excluding carboxylic acids is 1. The molecule has 26 heavy (non-hydrogen) atoms. The molecule has 3 unspecified atom stereocenters. The normalized spacial score (nSPS) is 29.8. The second-order valence-corrected chi connectivity index (χ2v) is 8.38. The van der Waals surface area contributed by atoms with Crippen molar-refractivity contribution >= 4 is 18.3 Å². The Morgan fingerprint density at radius 3 is 2.85 bits per heavy atom. The first-order valence-corrected chi connectivity index (χ1v) is 9.82. The fraction of sp³-hybridized carbons (Fsp3) is 0.789. The predicted octanol–water partition coefficient (Wildman–Crippen LogP) is 1.83. The summed E-state index contributed by atoms with van der Waals surface area (Å²) in [5, 5.41) is 3.46. The van der Waals surface area contributed by atoms with Gasteiger partial charge in [-0.05, 0) is 57.0 Å². The summed E-state index contributed by atoms with van der Waals surface area (Å²) in [5.41, 5.74) is 6.51. The minimum atomic E-state index is 0. The molecule has 2 aliphatic carbocycles. The number of hydrogen-bond acceptors (Lipinski definition) is 4. The summed E-state index contributed by atoms with van der Waals surface area (Å²) >= 11 is 0. The highest BCUT2D eigenvalue weighted by Gasteiger charge is 2.58. The first-order valence-electron chi connectivity index (χ1n) is 9.82. The van der Waals surface area contributed by atoms with Crippen molar-refractivity contribution in [1.82, 2.24) is 19.8 Å². The molecule has 2 heterocycles. The molecular formula is C19H32ClN5O. The lowest BCUT2D eigenvalue weighted by Crippen LogP contribution is -2.44. The molecular weight excluding hydrogens is 350 g/mol. The van der Waals surface area contributed by atoms with E-state index in [2.05, 4.69) is 15.2 Å². The summed E-state index contributed by atoms with van der Waals surface area (Å²) in [6.07, 6.45) is 11.3. The van der Waals surface area contributed by atoms with Gasteiger partial charge in [0.2, 0.25) is 5.91 Å². The van der Waals surface area contributed by atoms with Crippen LogP contribution in [0.25, 0.3) is 0 Å². The summed E-state index contributed by atoms with van der Waals surface area (Å²) in [5.74, 6) is 1.39. The smallest absolute Gasteiger partial charge is 0.226 e. The molecule has 0 aromatic carbocycles. The third-order valence-electron chi connectivity index (χ3n) is 6.70. The second kappa shape index (κ2) is 7.87. The Morgan fingerprint density at radius 2 is 2.19 bits per heavy atom. The fourth-order valence-electron chi connectivity index (χ4n) is 4.96. The fourth-order valence-corrected chi connectivity index (χ4v) is 4.96. The molecule has 2 saturated carbocycles. The van der Waals surface area contributed by atoms with Gasteiger partial charge < -0.3 is 20.5 Å². The summed E-state index contributed by atoms with van der Waals surface area (Å²) in [6, 6.07) is 0.571. The third-order valence-corrected chi connectivity index (χ3v) is 6.70. The van der Waals surface area contributed by atoms with E-state index in [9.17, 15) is 4.79 Å².